The molecule has 4 N–H and O–H groups in total. The number of benzene rings is 1. The molecule has 0 unspecified atom stereocenters. The van der Waals surface area contributed by atoms with Crippen molar-refractivity contribution in [2.45, 2.75) is 12.3 Å². The zero-order valence-electron chi connectivity index (χ0n) is 10.9. The highest BCUT2D eigenvalue weighted by Gasteiger charge is 2.07. The van der Waals surface area contributed by atoms with Gasteiger partial charge >= 0.3 is 0 Å². The van der Waals surface area contributed by atoms with Crippen LogP contribution < -0.4 is 15.8 Å². The van der Waals surface area contributed by atoms with Gasteiger partial charge in [-0.2, -0.15) is 0 Å². The van der Waals surface area contributed by atoms with E-state index in [2.05, 4.69) is 15.0 Å². The molecule has 0 spiro atoms. The number of rotatable bonds is 5. The van der Waals surface area contributed by atoms with Crippen molar-refractivity contribution in [3.8, 4) is 0 Å². The summed E-state index contributed by atoms with van der Waals surface area (Å²) in [7, 11) is -0.211. The lowest BCUT2D eigenvalue weighted by Crippen LogP contribution is -2.30. The standard InChI is InChI=1S/C11H18N4O2S.HI/c1-13-11(12)15-7-9-3-5-10(6-4-9)8-18(16,17)14-2;/h3-6,14H,7-8H2,1-2H3,(H3,12,13,15);1H. The number of nitrogens with zero attached hydrogens (tertiary/aromatic N) is 1. The van der Waals surface area contributed by atoms with Crippen LogP contribution in [0.15, 0.2) is 29.3 Å². The molecule has 108 valence electrons. The minimum atomic E-state index is -3.22. The summed E-state index contributed by atoms with van der Waals surface area (Å²) in [6.45, 7) is 0.558. The molecule has 0 bridgehead atoms. The van der Waals surface area contributed by atoms with Crippen LogP contribution in [0.1, 0.15) is 11.1 Å². The molecule has 0 saturated heterocycles. The van der Waals surface area contributed by atoms with Gasteiger partial charge in [0.1, 0.15) is 0 Å². The second-order valence-corrected chi connectivity index (χ2v) is 5.67. The molecule has 0 fully saturated rings. The van der Waals surface area contributed by atoms with E-state index in [1.807, 2.05) is 12.1 Å². The van der Waals surface area contributed by atoms with E-state index in [4.69, 9.17) is 5.73 Å². The van der Waals surface area contributed by atoms with Crippen LogP contribution in [0.2, 0.25) is 0 Å². The summed E-state index contributed by atoms with van der Waals surface area (Å²) >= 11 is 0. The van der Waals surface area contributed by atoms with Gasteiger partial charge in [0.15, 0.2) is 5.96 Å². The van der Waals surface area contributed by atoms with Crippen LogP contribution >= 0.6 is 24.0 Å². The van der Waals surface area contributed by atoms with E-state index in [9.17, 15) is 8.42 Å². The van der Waals surface area contributed by atoms with Crippen molar-refractivity contribution >= 4 is 40.0 Å². The Hall–Kier alpha value is -0.870. The maximum atomic E-state index is 11.4. The third-order valence-electron chi connectivity index (χ3n) is 2.41. The van der Waals surface area contributed by atoms with Crippen LogP contribution in [0.25, 0.3) is 0 Å². The summed E-state index contributed by atoms with van der Waals surface area (Å²) in [5.41, 5.74) is 7.25. The van der Waals surface area contributed by atoms with Gasteiger partial charge in [0.05, 0.1) is 5.75 Å². The Morgan fingerprint density at radius 1 is 1.26 bits per heavy atom. The van der Waals surface area contributed by atoms with E-state index in [0.717, 1.165) is 11.1 Å². The Labute approximate surface area is 130 Å². The minimum Gasteiger partial charge on any atom is -0.370 e. The number of aliphatic imine (C=N–C) groups is 1. The van der Waals surface area contributed by atoms with Crippen molar-refractivity contribution < 1.29 is 8.42 Å². The van der Waals surface area contributed by atoms with E-state index >= 15 is 0 Å². The molecule has 1 aromatic carbocycles. The van der Waals surface area contributed by atoms with E-state index in [1.54, 1.807) is 19.2 Å². The Morgan fingerprint density at radius 2 is 1.79 bits per heavy atom. The van der Waals surface area contributed by atoms with Crippen molar-refractivity contribution in [2.24, 2.45) is 10.7 Å². The molecule has 1 rings (SSSR count). The van der Waals surface area contributed by atoms with Crippen LogP contribution in [0.3, 0.4) is 0 Å². The van der Waals surface area contributed by atoms with E-state index in [1.165, 1.54) is 7.05 Å². The van der Waals surface area contributed by atoms with Gasteiger partial charge < -0.3 is 11.1 Å². The first-order valence-corrected chi connectivity index (χ1v) is 7.07. The number of guanidine groups is 1. The lowest BCUT2D eigenvalue weighted by molar-refractivity contribution is 0.587. The lowest BCUT2D eigenvalue weighted by Gasteiger charge is -2.06. The fourth-order valence-electron chi connectivity index (χ4n) is 1.32. The molecule has 0 aliphatic heterocycles. The van der Waals surface area contributed by atoms with Crippen molar-refractivity contribution in [3.63, 3.8) is 0 Å². The Balaban J connectivity index is 0.00000324. The molecule has 0 atom stereocenters. The first-order valence-electron chi connectivity index (χ1n) is 5.42. The zero-order valence-corrected chi connectivity index (χ0v) is 14.0. The third-order valence-corrected chi connectivity index (χ3v) is 3.74. The maximum Gasteiger partial charge on any atom is 0.215 e. The van der Waals surface area contributed by atoms with Gasteiger partial charge in [-0.25, -0.2) is 13.1 Å². The molecule has 0 radical (unpaired) electrons. The second kappa shape index (κ2) is 8.33. The number of nitrogens with two attached hydrogens (primary N) is 1. The topological polar surface area (TPSA) is 96.6 Å². The number of hydrogen-bond donors (Lipinski definition) is 3. The Bertz CT molecular complexity index is 514. The largest absolute Gasteiger partial charge is 0.370 e. The Kier molecular flexibility index (Phi) is 7.95. The molecular weight excluding hydrogens is 379 g/mol. The second-order valence-electron chi connectivity index (χ2n) is 3.74. The van der Waals surface area contributed by atoms with Crippen LogP contribution in [0.4, 0.5) is 0 Å². The van der Waals surface area contributed by atoms with Gasteiger partial charge in [0.2, 0.25) is 10.0 Å². The van der Waals surface area contributed by atoms with E-state index in [-0.39, 0.29) is 29.7 Å². The SMILES string of the molecule is CN=C(N)NCc1ccc(CS(=O)(=O)NC)cc1.I. The molecule has 6 nitrogen and oxygen atoms in total. The van der Waals surface area contributed by atoms with Gasteiger partial charge in [-0.15, -0.1) is 24.0 Å². The number of nitrogens with one attached hydrogen (secondary N) is 2. The van der Waals surface area contributed by atoms with Crippen molar-refractivity contribution in [1.29, 1.82) is 0 Å². The summed E-state index contributed by atoms with van der Waals surface area (Å²) in [5.74, 6) is 0.354. The monoisotopic (exact) mass is 398 g/mol. The number of sulfonamides is 1. The highest BCUT2D eigenvalue weighted by atomic mass is 127. The lowest BCUT2D eigenvalue weighted by atomic mass is 10.1. The fraction of sp³-hybridized carbons (Fsp3) is 0.364. The predicted octanol–water partition coefficient (Wildman–Crippen LogP) is 0.388. The smallest absolute Gasteiger partial charge is 0.215 e. The van der Waals surface area contributed by atoms with Crippen LogP contribution in [0.5, 0.6) is 0 Å². The van der Waals surface area contributed by atoms with Crippen molar-refractivity contribution in [3.05, 3.63) is 35.4 Å². The first-order chi connectivity index (χ1) is 8.46. The van der Waals surface area contributed by atoms with Crippen molar-refractivity contribution in [2.75, 3.05) is 14.1 Å². The highest BCUT2D eigenvalue weighted by Crippen LogP contribution is 2.07. The van der Waals surface area contributed by atoms with Gasteiger partial charge in [-0.05, 0) is 18.2 Å². The predicted molar refractivity (Wildman–Crippen MR) is 87.9 cm³/mol. The molecule has 8 heteroatoms. The van der Waals surface area contributed by atoms with Crippen LogP contribution in [-0.2, 0) is 22.3 Å². The zero-order chi connectivity index (χ0) is 13.6. The molecule has 19 heavy (non-hydrogen) atoms. The molecule has 0 saturated carbocycles. The van der Waals surface area contributed by atoms with Crippen LogP contribution in [0, 0.1) is 0 Å². The molecule has 0 aromatic heterocycles. The molecule has 1 aromatic rings. The summed E-state index contributed by atoms with van der Waals surface area (Å²) in [4.78, 5) is 3.78. The van der Waals surface area contributed by atoms with Gasteiger partial charge in [-0.1, -0.05) is 24.3 Å². The molecule has 0 aliphatic rings. The fourth-order valence-corrected chi connectivity index (χ4v) is 2.09. The summed E-state index contributed by atoms with van der Waals surface area (Å²) in [6, 6.07) is 7.28. The average Bonchev–Trinajstić information content (AvgIpc) is 2.37. The third kappa shape index (κ3) is 6.73. The molecule has 0 aliphatic carbocycles. The van der Waals surface area contributed by atoms with E-state index in [0.29, 0.717) is 12.5 Å². The van der Waals surface area contributed by atoms with Gasteiger partial charge in [0, 0.05) is 13.6 Å². The van der Waals surface area contributed by atoms with E-state index < -0.39 is 10.0 Å². The summed E-state index contributed by atoms with van der Waals surface area (Å²) in [6.07, 6.45) is 0. The van der Waals surface area contributed by atoms with Gasteiger partial charge in [0.25, 0.3) is 0 Å². The molecule has 0 amide bonds. The number of halogens is 1. The molecule has 0 heterocycles. The minimum absolute atomic E-state index is 0. The summed E-state index contributed by atoms with van der Waals surface area (Å²) in [5, 5.41) is 2.92. The quantitative estimate of drug-likeness (QED) is 0.380. The van der Waals surface area contributed by atoms with Crippen LogP contribution in [-0.4, -0.2) is 28.5 Å². The van der Waals surface area contributed by atoms with Crippen molar-refractivity contribution in [1.82, 2.24) is 10.0 Å². The normalized spacial score (nSPS) is 11.8. The average molecular weight is 398 g/mol. The maximum absolute atomic E-state index is 11.4. The van der Waals surface area contributed by atoms with Gasteiger partial charge in [-0.3, -0.25) is 4.99 Å². The number of hydrogen-bond acceptors (Lipinski definition) is 3. The first kappa shape index (κ1) is 18.1. The molecular formula is C11H19IN4O2S. The highest BCUT2D eigenvalue weighted by molar-refractivity contribution is 14.0. The Morgan fingerprint density at radius 3 is 2.26 bits per heavy atom. The summed E-state index contributed by atoms with van der Waals surface area (Å²) < 4.78 is 25.0.